The van der Waals surface area contributed by atoms with Gasteiger partial charge in [-0.25, -0.2) is 0 Å². The first-order chi connectivity index (χ1) is 5.91. The SMILES string of the molecule is C=C(C)C1=CCC(C(C)(C)C)C=C1. The maximum Gasteiger partial charge on any atom is -0.0147 e. The Morgan fingerprint density at radius 3 is 2.38 bits per heavy atom. The number of rotatable bonds is 1. The predicted octanol–water partition coefficient (Wildman–Crippen LogP) is 4.11. The molecule has 1 aliphatic rings. The first-order valence-electron chi connectivity index (χ1n) is 4.95. The molecule has 1 atom stereocenters. The van der Waals surface area contributed by atoms with Gasteiger partial charge in [0.15, 0.2) is 0 Å². The molecule has 0 amide bonds. The van der Waals surface area contributed by atoms with Gasteiger partial charge in [0.25, 0.3) is 0 Å². The van der Waals surface area contributed by atoms with Gasteiger partial charge >= 0.3 is 0 Å². The third kappa shape index (κ3) is 2.58. The smallest absolute Gasteiger partial charge is 0.0147 e. The van der Waals surface area contributed by atoms with Crippen LogP contribution in [0, 0.1) is 11.3 Å². The van der Waals surface area contributed by atoms with Gasteiger partial charge in [-0.3, -0.25) is 0 Å². The zero-order valence-electron chi connectivity index (χ0n) is 9.22. The molecule has 72 valence electrons. The Morgan fingerprint density at radius 2 is 2.08 bits per heavy atom. The van der Waals surface area contributed by atoms with Crippen molar-refractivity contribution in [3.05, 3.63) is 36.0 Å². The van der Waals surface area contributed by atoms with E-state index in [-0.39, 0.29) is 0 Å². The minimum absolute atomic E-state index is 0.383. The third-order valence-corrected chi connectivity index (χ3v) is 2.70. The van der Waals surface area contributed by atoms with Crippen molar-refractivity contribution in [1.29, 1.82) is 0 Å². The van der Waals surface area contributed by atoms with E-state index in [0.717, 1.165) is 6.42 Å². The average Bonchev–Trinajstić information content (AvgIpc) is 2.03. The molecular formula is C13H20. The molecule has 0 aromatic heterocycles. The maximum absolute atomic E-state index is 3.95. The minimum atomic E-state index is 0.383. The lowest BCUT2D eigenvalue weighted by Gasteiger charge is -2.29. The van der Waals surface area contributed by atoms with Gasteiger partial charge in [0.05, 0.1) is 0 Å². The van der Waals surface area contributed by atoms with Crippen LogP contribution in [0.2, 0.25) is 0 Å². The summed E-state index contributed by atoms with van der Waals surface area (Å²) in [4.78, 5) is 0. The van der Waals surface area contributed by atoms with Crippen LogP contribution in [0.5, 0.6) is 0 Å². The molecule has 0 heteroatoms. The van der Waals surface area contributed by atoms with E-state index in [1.165, 1.54) is 11.1 Å². The number of hydrogen-bond acceptors (Lipinski definition) is 0. The third-order valence-electron chi connectivity index (χ3n) is 2.70. The molecule has 0 heterocycles. The first kappa shape index (κ1) is 10.3. The molecular weight excluding hydrogens is 156 g/mol. The van der Waals surface area contributed by atoms with Gasteiger partial charge in [0.2, 0.25) is 0 Å². The Morgan fingerprint density at radius 1 is 1.46 bits per heavy atom. The molecule has 0 N–H and O–H groups in total. The molecule has 0 saturated carbocycles. The maximum atomic E-state index is 3.95. The summed E-state index contributed by atoms with van der Waals surface area (Å²) in [5.41, 5.74) is 2.86. The van der Waals surface area contributed by atoms with Crippen molar-refractivity contribution in [2.75, 3.05) is 0 Å². The zero-order valence-corrected chi connectivity index (χ0v) is 9.22. The fourth-order valence-corrected chi connectivity index (χ4v) is 1.58. The van der Waals surface area contributed by atoms with Crippen LogP contribution in [0.1, 0.15) is 34.1 Å². The quantitative estimate of drug-likeness (QED) is 0.564. The summed E-state index contributed by atoms with van der Waals surface area (Å²) < 4.78 is 0. The molecule has 0 radical (unpaired) electrons. The van der Waals surface area contributed by atoms with Gasteiger partial charge in [-0.1, -0.05) is 51.2 Å². The van der Waals surface area contributed by atoms with Crippen LogP contribution < -0.4 is 0 Å². The van der Waals surface area contributed by atoms with Crippen molar-refractivity contribution in [1.82, 2.24) is 0 Å². The topological polar surface area (TPSA) is 0 Å². The highest BCUT2D eigenvalue weighted by Gasteiger charge is 2.22. The Kier molecular flexibility index (Phi) is 2.80. The van der Waals surface area contributed by atoms with Gasteiger partial charge in [-0.05, 0) is 30.3 Å². The van der Waals surface area contributed by atoms with Crippen LogP contribution in [0.25, 0.3) is 0 Å². The van der Waals surface area contributed by atoms with E-state index < -0.39 is 0 Å². The fraction of sp³-hybridized carbons (Fsp3) is 0.538. The normalized spacial score (nSPS) is 22.8. The highest BCUT2D eigenvalue weighted by atomic mass is 14.3. The van der Waals surface area contributed by atoms with Crippen molar-refractivity contribution >= 4 is 0 Å². The summed E-state index contributed by atoms with van der Waals surface area (Å²) in [6, 6.07) is 0. The van der Waals surface area contributed by atoms with E-state index >= 15 is 0 Å². The average molecular weight is 176 g/mol. The van der Waals surface area contributed by atoms with E-state index in [2.05, 4.69) is 52.5 Å². The second-order valence-corrected chi connectivity index (χ2v) is 5.01. The van der Waals surface area contributed by atoms with Gasteiger partial charge in [0.1, 0.15) is 0 Å². The van der Waals surface area contributed by atoms with Crippen molar-refractivity contribution in [3.63, 3.8) is 0 Å². The fourth-order valence-electron chi connectivity index (χ4n) is 1.58. The predicted molar refractivity (Wildman–Crippen MR) is 59.6 cm³/mol. The molecule has 0 aliphatic heterocycles. The number of allylic oxidation sites excluding steroid dienone is 5. The summed E-state index contributed by atoms with van der Waals surface area (Å²) in [5, 5.41) is 0. The molecule has 0 fully saturated rings. The van der Waals surface area contributed by atoms with Crippen LogP contribution in [0.15, 0.2) is 36.0 Å². The highest BCUT2D eigenvalue weighted by molar-refractivity contribution is 5.39. The lowest BCUT2D eigenvalue weighted by molar-refractivity contribution is 0.293. The highest BCUT2D eigenvalue weighted by Crippen LogP contribution is 2.33. The first-order valence-corrected chi connectivity index (χ1v) is 4.95. The second-order valence-electron chi connectivity index (χ2n) is 5.01. The van der Waals surface area contributed by atoms with E-state index in [0.29, 0.717) is 11.3 Å². The summed E-state index contributed by atoms with van der Waals surface area (Å²) >= 11 is 0. The standard InChI is InChI=1S/C13H20/c1-10(2)11-6-8-12(9-7-11)13(3,4)5/h6-8,12H,1,9H2,2-5H3. The molecule has 0 bridgehead atoms. The minimum Gasteiger partial charge on any atom is -0.0955 e. The van der Waals surface area contributed by atoms with Gasteiger partial charge in [0, 0.05) is 0 Å². The van der Waals surface area contributed by atoms with E-state index in [4.69, 9.17) is 0 Å². The van der Waals surface area contributed by atoms with E-state index in [1.54, 1.807) is 0 Å². The van der Waals surface area contributed by atoms with Crippen molar-refractivity contribution in [2.45, 2.75) is 34.1 Å². The molecule has 0 saturated heterocycles. The van der Waals surface area contributed by atoms with Gasteiger partial charge in [-0.2, -0.15) is 0 Å². The van der Waals surface area contributed by atoms with Crippen LogP contribution >= 0.6 is 0 Å². The lowest BCUT2D eigenvalue weighted by atomic mass is 9.76. The zero-order chi connectivity index (χ0) is 10.1. The van der Waals surface area contributed by atoms with Crippen molar-refractivity contribution in [3.8, 4) is 0 Å². The molecule has 0 spiro atoms. The Balaban J connectivity index is 2.69. The summed E-state index contributed by atoms with van der Waals surface area (Å²) in [5.74, 6) is 0.676. The molecule has 13 heavy (non-hydrogen) atoms. The van der Waals surface area contributed by atoms with Crippen LogP contribution in [0.3, 0.4) is 0 Å². The van der Waals surface area contributed by atoms with Gasteiger partial charge < -0.3 is 0 Å². The van der Waals surface area contributed by atoms with Crippen molar-refractivity contribution < 1.29 is 0 Å². The molecule has 1 rings (SSSR count). The summed E-state index contributed by atoms with van der Waals surface area (Å²) in [6.45, 7) is 12.9. The molecule has 0 nitrogen and oxygen atoms in total. The lowest BCUT2D eigenvalue weighted by Crippen LogP contribution is -2.19. The monoisotopic (exact) mass is 176 g/mol. The summed E-state index contributed by atoms with van der Waals surface area (Å²) in [7, 11) is 0. The molecule has 1 aliphatic carbocycles. The van der Waals surface area contributed by atoms with Crippen LogP contribution in [0.4, 0.5) is 0 Å². The summed E-state index contributed by atoms with van der Waals surface area (Å²) in [6.07, 6.45) is 7.99. The molecule has 1 unspecified atom stereocenters. The Hall–Kier alpha value is -0.780. The Bertz CT molecular complexity index is 258. The van der Waals surface area contributed by atoms with E-state index in [1.807, 2.05) is 0 Å². The van der Waals surface area contributed by atoms with Crippen LogP contribution in [-0.2, 0) is 0 Å². The Labute approximate surface area is 82.0 Å². The second kappa shape index (κ2) is 3.53. The van der Waals surface area contributed by atoms with Crippen LogP contribution in [-0.4, -0.2) is 0 Å². The van der Waals surface area contributed by atoms with Crippen molar-refractivity contribution in [2.24, 2.45) is 11.3 Å². The van der Waals surface area contributed by atoms with E-state index in [9.17, 15) is 0 Å². The largest absolute Gasteiger partial charge is 0.0955 e. The number of hydrogen-bond donors (Lipinski definition) is 0. The van der Waals surface area contributed by atoms with Gasteiger partial charge in [-0.15, -0.1) is 0 Å². The molecule has 0 aromatic rings. The molecule has 0 aromatic carbocycles.